The SMILES string of the molecule is CN(CC1(N(C)C)CCC1)c1ccc2c(c1)CCCN2. The molecule has 1 aliphatic carbocycles. The molecule has 0 spiro atoms. The number of hydrogen-bond donors (Lipinski definition) is 1. The third kappa shape index (κ3) is 2.39. The van der Waals surface area contributed by atoms with E-state index >= 15 is 0 Å². The molecular weight excluding hydrogens is 246 g/mol. The van der Waals surface area contributed by atoms with Crippen LogP contribution in [0.2, 0.25) is 0 Å². The minimum absolute atomic E-state index is 0.392. The van der Waals surface area contributed by atoms with E-state index in [1.165, 1.54) is 49.0 Å². The van der Waals surface area contributed by atoms with E-state index in [2.05, 4.69) is 54.5 Å². The van der Waals surface area contributed by atoms with Crippen LogP contribution >= 0.6 is 0 Å². The lowest BCUT2D eigenvalue weighted by molar-refractivity contribution is 0.0683. The van der Waals surface area contributed by atoms with Crippen LogP contribution in [0.4, 0.5) is 11.4 Å². The van der Waals surface area contributed by atoms with E-state index in [0.717, 1.165) is 13.1 Å². The maximum absolute atomic E-state index is 3.49. The molecule has 0 aromatic heterocycles. The molecule has 110 valence electrons. The number of benzene rings is 1. The molecule has 3 rings (SSSR count). The van der Waals surface area contributed by atoms with Crippen LogP contribution in [0.3, 0.4) is 0 Å². The average Bonchev–Trinajstić information content (AvgIpc) is 2.41. The van der Waals surface area contributed by atoms with Gasteiger partial charge in [0.15, 0.2) is 0 Å². The molecule has 1 N–H and O–H groups in total. The van der Waals surface area contributed by atoms with Crippen molar-refractivity contribution in [3.05, 3.63) is 23.8 Å². The van der Waals surface area contributed by atoms with Crippen LogP contribution < -0.4 is 10.2 Å². The highest BCUT2D eigenvalue weighted by molar-refractivity contribution is 5.61. The molecule has 1 aliphatic heterocycles. The normalized spacial score (nSPS) is 20.0. The lowest BCUT2D eigenvalue weighted by Gasteiger charge is -2.49. The highest BCUT2D eigenvalue weighted by Gasteiger charge is 2.39. The van der Waals surface area contributed by atoms with E-state index in [1.807, 2.05) is 0 Å². The summed E-state index contributed by atoms with van der Waals surface area (Å²) in [6.45, 7) is 2.25. The van der Waals surface area contributed by atoms with Crippen molar-refractivity contribution in [1.29, 1.82) is 0 Å². The van der Waals surface area contributed by atoms with Crippen LogP contribution in [0.5, 0.6) is 0 Å². The molecule has 0 amide bonds. The number of nitrogens with one attached hydrogen (secondary N) is 1. The Morgan fingerprint density at radius 1 is 1.15 bits per heavy atom. The number of likely N-dealkylation sites (N-methyl/N-ethyl adjacent to an activating group) is 2. The van der Waals surface area contributed by atoms with Gasteiger partial charge in [-0.3, -0.25) is 0 Å². The first-order valence-electron chi connectivity index (χ1n) is 7.86. The zero-order valence-corrected chi connectivity index (χ0v) is 13.1. The number of aryl methyl sites for hydroxylation is 1. The van der Waals surface area contributed by atoms with Gasteiger partial charge in [-0.15, -0.1) is 0 Å². The monoisotopic (exact) mass is 273 g/mol. The van der Waals surface area contributed by atoms with Crippen LogP contribution in [0.15, 0.2) is 18.2 Å². The Labute approximate surface area is 123 Å². The highest BCUT2D eigenvalue weighted by atomic mass is 15.2. The lowest BCUT2D eigenvalue weighted by atomic mass is 9.75. The fraction of sp³-hybridized carbons (Fsp3) is 0.647. The number of nitrogens with zero attached hydrogens (tertiary/aromatic N) is 2. The topological polar surface area (TPSA) is 18.5 Å². The van der Waals surface area contributed by atoms with Gasteiger partial charge >= 0.3 is 0 Å². The quantitative estimate of drug-likeness (QED) is 0.910. The minimum Gasteiger partial charge on any atom is -0.385 e. The van der Waals surface area contributed by atoms with Gasteiger partial charge in [0.1, 0.15) is 0 Å². The zero-order valence-electron chi connectivity index (χ0n) is 13.1. The van der Waals surface area contributed by atoms with Gasteiger partial charge in [-0.1, -0.05) is 0 Å². The molecule has 2 aliphatic rings. The molecule has 0 unspecified atom stereocenters. The fourth-order valence-corrected chi connectivity index (χ4v) is 3.56. The first-order chi connectivity index (χ1) is 9.61. The minimum atomic E-state index is 0.392. The standard InChI is InChI=1S/C17H27N3/c1-19(2)17(9-5-10-17)13-20(3)15-7-8-16-14(12-15)6-4-11-18-16/h7-8,12,18H,4-6,9-11,13H2,1-3H3. The van der Waals surface area contributed by atoms with Crippen molar-refractivity contribution >= 4 is 11.4 Å². The molecule has 3 nitrogen and oxygen atoms in total. The first-order valence-corrected chi connectivity index (χ1v) is 7.86. The van der Waals surface area contributed by atoms with Crippen molar-refractivity contribution in [3.8, 4) is 0 Å². The third-order valence-electron chi connectivity index (χ3n) is 5.23. The van der Waals surface area contributed by atoms with Crippen molar-refractivity contribution < 1.29 is 0 Å². The second kappa shape index (κ2) is 5.28. The van der Waals surface area contributed by atoms with E-state index in [4.69, 9.17) is 0 Å². The van der Waals surface area contributed by atoms with Crippen molar-refractivity contribution in [2.75, 3.05) is 44.4 Å². The second-order valence-electron chi connectivity index (χ2n) is 6.70. The summed E-state index contributed by atoms with van der Waals surface area (Å²) >= 11 is 0. The van der Waals surface area contributed by atoms with Gasteiger partial charge in [-0.05, 0) is 70.0 Å². The Morgan fingerprint density at radius 2 is 1.95 bits per heavy atom. The molecule has 1 heterocycles. The molecule has 0 bridgehead atoms. The van der Waals surface area contributed by atoms with Gasteiger partial charge in [-0.2, -0.15) is 0 Å². The van der Waals surface area contributed by atoms with Crippen LogP contribution in [0.1, 0.15) is 31.2 Å². The molecule has 3 heteroatoms. The predicted octanol–water partition coefficient (Wildman–Crippen LogP) is 2.97. The number of anilines is 2. The summed E-state index contributed by atoms with van der Waals surface area (Å²) in [4.78, 5) is 4.86. The summed E-state index contributed by atoms with van der Waals surface area (Å²) in [6, 6.07) is 6.89. The summed E-state index contributed by atoms with van der Waals surface area (Å²) in [5.74, 6) is 0. The molecular formula is C17H27N3. The van der Waals surface area contributed by atoms with Crippen molar-refractivity contribution in [1.82, 2.24) is 4.90 Å². The Balaban J connectivity index is 1.75. The van der Waals surface area contributed by atoms with E-state index in [0.29, 0.717) is 5.54 Å². The van der Waals surface area contributed by atoms with Crippen molar-refractivity contribution in [2.24, 2.45) is 0 Å². The molecule has 1 aromatic rings. The molecule has 1 saturated carbocycles. The molecule has 20 heavy (non-hydrogen) atoms. The molecule has 1 fully saturated rings. The smallest absolute Gasteiger partial charge is 0.0378 e. The molecule has 0 saturated heterocycles. The zero-order chi connectivity index (χ0) is 14.2. The Bertz CT molecular complexity index is 477. The lowest BCUT2D eigenvalue weighted by Crippen LogP contribution is -2.56. The summed E-state index contributed by atoms with van der Waals surface area (Å²) in [7, 11) is 6.69. The van der Waals surface area contributed by atoms with Gasteiger partial charge < -0.3 is 15.1 Å². The number of rotatable bonds is 4. The highest BCUT2D eigenvalue weighted by Crippen LogP contribution is 2.38. The number of hydrogen-bond acceptors (Lipinski definition) is 3. The summed E-state index contributed by atoms with van der Waals surface area (Å²) in [5.41, 5.74) is 4.57. The maximum atomic E-state index is 3.49. The van der Waals surface area contributed by atoms with Crippen LogP contribution in [0.25, 0.3) is 0 Å². The van der Waals surface area contributed by atoms with Gasteiger partial charge in [0.2, 0.25) is 0 Å². The Morgan fingerprint density at radius 3 is 2.60 bits per heavy atom. The van der Waals surface area contributed by atoms with Gasteiger partial charge in [0.25, 0.3) is 0 Å². The van der Waals surface area contributed by atoms with Crippen LogP contribution in [0, 0.1) is 0 Å². The Kier molecular flexibility index (Phi) is 3.63. The van der Waals surface area contributed by atoms with Gasteiger partial charge in [0, 0.05) is 37.1 Å². The summed E-state index contributed by atoms with van der Waals surface area (Å²) in [6.07, 6.45) is 6.50. The Hall–Kier alpha value is -1.22. The molecule has 1 aromatic carbocycles. The number of fused-ring (bicyclic) bond motifs is 1. The van der Waals surface area contributed by atoms with Crippen molar-refractivity contribution in [2.45, 2.75) is 37.6 Å². The summed E-state index contributed by atoms with van der Waals surface area (Å²) < 4.78 is 0. The third-order valence-corrected chi connectivity index (χ3v) is 5.23. The van der Waals surface area contributed by atoms with E-state index in [9.17, 15) is 0 Å². The first kappa shape index (κ1) is 13.7. The average molecular weight is 273 g/mol. The molecule has 0 atom stereocenters. The predicted molar refractivity (Wildman–Crippen MR) is 86.8 cm³/mol. The summed E-state index contributed by atoms with van der Waals surface area (Å²) in [5, 5.41) is 3.49. The van der Waals surface area contributed by atoms with E-state index in [1.54, 1.807) is 0 Å². The van der Waals surface area contributed by atoms with Crippen LogP contribution in [-0.4, -0.2) is 44.7 Å². The fourth-order valence-electron chi connectivity index (χ4n) is 3.56. The van der Waals surface area contributed by atoms with Crippen LogP contribution in [-0.2, 0) is 6.42 Å². The van der Waals surface area contributed by atoms with E-state index in [-0.39, 0.29) is 0 Å². The molecule has 0 radical (unpaired) electrons. The van der Waals surface area contributed by atoms with Crippen molar-refractivity contribution in [3.63, 3.8) is 0 Å². The second-order valence-corrected chi connectivity index (χ2v) is 6.70. The largest absolute Gasteiger partial charge is 0.385 e. The maximum Gasteiger partial charge on any atom is 0.0378 e. The van der Waals surface area contributed by atoms with E-state index < -0.39 is 0 Å². The van der Waals surface area contributed by atoms with Gasteiger partial charge in [-0.25, -0.2) is 0 Å². The van der Waals surface area contributed by atoms with Gasteiger partial charge in [0.05, 0.1) is 0 Å².